The molecule has 106 valence electrons. The van der Waals surface area contributed by atoms with Gasteiger partial charge in [0.2, 0.25) is 10.0 Å². The van der Waals surface area contributed by atoms with E-state index in [1.165, 1.54) is 4.31 Å². The lowest BCUT2D eigenvalue weighted by atomic mass is 10.3. The van der Waals surface area contributed by atoms with Gasteiger partial charge in [0.05, 0.1) is 17.1 Å². The van der Waals surface area contributed by atoms with E-state index in [0.29, 0.717) is 6.07 Å². The number of halogens is 2. The lowest BCUT2D eigenvalue weighted by Gasteiger charge is -2.34. The second-order valence-corrected chi connectivity index (χ2v) is 6.62. The van der Waals surface area contributed by atoms with E-state index in [4.69, 9.17) is 4.74 Å². The molecule has 2 rings (SSSR count). The van der Waals surface area contributed by atoms with E-state index in [-0.39, 0.29) is 30.2 Å². The number of rotatable bonds is 2. The number of benzene rings is 1. The average molecular weight is 291 g/mol. The standard InChI is InChI=1S/C12H15F2NO3S/c1-8-6-15(7-9(2)18-8)19(16,17)12-4-10(13)3-11(14)5-12/h3-5,8-9H,6-7H2,1-2H3/t8-,9-/m1/s1. The fourth-order valence-electron chi connectivity index (χ4n) is 2.15. The highest BCUT2D eigenvalue weighted by molar-refractivity contribution is 7.89. The van der Waals surface area contributed by atoms with Crippen LogP contribution in [-0.4, -0.2) is 38.0 Å². The zero-order chi connectivity index (χ0) is 14.2. The zero-order valence-electron chi connectivity index (χ0n) is 10.6. The molecule has 19 heavy (non-hydrogen) atoms. The van der Waals surface area contributed by atoms with Crippen LogP contribution in [0.5, 0.6) is 0 Å². The maximum Gasteiger partial charge on any atom is 0.243 e. The number of sulfonamides is 1. The molecule has 7 heteroatoms. The minimum atomic E-state index is -3.90. The molecule has 0 N–H and O–H groups in total. The summed E-state index contributed by atoms with van der Waals surface area (Å²) in [5, 5.41) is 0. The van der Waals surface area contributed by atoms with E-state index < -0.39 is 21.7 Å². The fourth-order valence-corrected chi connectivity index (χ4v) is 3.79. The van der Waals surface area contributed by atoms with Gasteiger partial charge in [-0.05, 0) is 26.0 Å². The molecule has 1 heterocycles. The zero-order valence-corrected chi connectivity index (χ0v) is 11.5. The lowest BCUT2D eigenvalue weighted by molar-refractivity contribution is -0.0440. The summed E-state index contributed by atoms with van der Waals surface area (Å²) in [6, 6.07) is 2.29. The first-order chi connectivity index (χ1) is 8.79. The molecule has 1 aromatic rings. The largest absolute Gasteiger partial charge is 0.373 e. The van der Waals surface area contributed by atoms with Crippen LogP contribution in [0.15, 0.2) is 23.1 Å². The smallest absolute Gasteiger partial charge is 0.243 e. The van der Waals surface area contributed by atoms with Crippen molar-refractivity contribution < 1.29 is 21.9 Å². The van der Waals surface area contributed by atoms with Crippen molar-refractivity contribution in [3.63, 3.8) is 0 Å². The summed E-state index contributed by atoms with van der Waals surface area (Å²) in [7, 11) is -3.90. The Morgan fingerprint density at radius 1 is 1.11 bits per heavy atom. The molecule has 0 amide bonds. The molecule has 0 radical (unpaired) electrons. The van der Waals surface area contributed by atoms with Crippen molar-refractivity contribution in [3.05, 3.63) is 29.8 Å². The van der Waals surface area contributed by atoms with Crippen molar-refractivity contribution in [3.8, 4) is 0 Å². The van der Waals surface area contributed by atoms with E-state index in [9.17, 15) is 17.2 Å². The molecule has 0 saturated carbocycles. The van der Waals surface area contributed by atoms with Crippen LogP contribution in [0.3, 0.4) is 0 Å². The molecule has 0 spiro atoms. The fraction of sp³-hybridized carbons (Fsp3) is 0.500. The highest BCUT2D eigenvalue weighted by Crippen LogP contribution is 2.22. The summed E-state index contributed by atoms with van der Waals surface area (Å²) in [6.45, 7) is 3.85. The van der Waals surface area contributed by atoms with E-state index in [2.05, 4.69) is 0 Å². The van der Waals surface area contributed by atoms with Gasteiger partial charge in [-0.15, -0.1) is 0 Å². The van der Waals surface area contributed by atoms with Crippen molar-refractivity contribution in [2.45, 2.75) is 31.0 Å². The summed E-state index contributed by atoms with van der Waals surface area (Å²) in [6.07, 6.45) is -0.506. The Balaban J connectivity index is 2.36. The van der Waals surface area contributed by atoms with E-state index >= 15 is 0 Å². The third-order valence-corrected chi connectivity index (χ3v) is 4.67. The summed E-state index contributed by atoms with van der Waals surface area (Å²) >= 11 is 0. The number of hydrogen-bond acceptors (Lipinski definition) is 3. The molecular formula is C12H15F2NO3S. The first-order valence-corrected chi connectivity index (χ1v) is 7.35. The first kappa shape index (κ1) is 14.4. The molecule has 1 fully saturated rings. The Morgan fingerprint density at radius 3 is 2.05 bits per heavy atom. The van der Waals surface area contributed by atoms with Gasteiger partial charge in [0.15, 0.2) is 0 Å². The molecule has 2 atom stereocenters. The second-order valence-electron chi connectivity index (χ2n) is 4.68. The van der Waals surface area contributed by atoms with Gasteiger partial charge in [0.25, 0.3) is 0 Å². The van der Waals surface area contributed by atoms with Gasteiger partial charge in [-0.2, -0.15) is 4.31 Å². The highest BCUT2D eigenvalue weighted by atomic mass is 32.2. The number of hydrogen-bond donors (Lipinski definition) is 0. The minimum Gasteiger partial charge on any atom is -0.373 e. The third-order valence-electron chi connectivity index (χ3n) is 2.86. The Kier molecular flexibility index (Phi) is 3.89. The third kappa shape index (κ3) is 3.10. The van der Waals surface area contributed by atoms with Crippen molar-refractivity contribution in [1.29, 1.82) is 0 Å². The molecule has 4 nitrogen and oxygen atoms in total. The maximum atomic E-state index is 13.1. The van der Waals surface area contributed by atoms with Crippen molar-refractivity contribution in [1.82, 2.24) is 4.31 Å². The highest BCUT2D eigenvalue weighted by Gasteiger charge is 2.32. The molecule has 1 aliphatic rings. The molecule has 0 aliphatic carbocycles. The molecule has 1 aromatic carbocycles. The predicted octanol–water partition coefficient (Wildman–Crippen LogP) is 1.76. The Labute approximate surface area is 111 Å². The summed E-state index contributed by atoms with van der Waals surface area (Å²) in [5.41, 5.74) is 0. The first-order valence-electron chi connectivity index (χ1n) is 5.91. The number of ether oxygens (including phenoxy) is 1. The van der Waals surface area contributed by atoms with Crippen LogP contribution in [0.1, 0.15) is 13.8 Å². The Bertz CT molecular complexity index is 546. The number of morpholine rings is 1. The summed E-state index contributed by atoms with van der Waals surface area (Å²) in [4.78, 5) is -0.369. The minimum absolute atomic E-state index is 0.171. The molecule has 1 saturated heterocycles. The van der Waals surface area contributed by atoms with Gasteiger partial charge in [-0.25, -0.2) is 17.2 Å². The average Bonchev–Trinajstić information content (AvgIpc) is 2.26. The van der Waals surface area contributed by atoms with Crippen molar-refractivity contribution >= 4 is 10.0 Å². The van der Waals surface area contributed by atoms with Crippen LogP contribution in [0.25, 0.3) is 0 Å². The van der Waals surface area contributed by atoms with Crippen LogP contribution in [0.2, 0.25) is 0 Å². The van der Waals surface area contributed by atoms with E-state index in [0.717, 1.165) is 12.1 Å². The monoisotopic (exact) mass is 291 g/mol. The normalized spacial score (nSPS) is 25.5. The molecule has 0 bridgehead atoms. The van der Waals surface area contributed by atoms with Crippen LogP contribution in [0, 0.1) is 11.6 Å². The maximum absolute atomic E-state index is 13.1. The van der Waals surface area contributed by atoms with Crippen LogP contribution in [0.4, 0.5) is 8.78 Å². The molecule has 1 aliphatic heterocycles. The van der Waals surface area contributed by atoms with E-state index in [1.54, 1.807) is 13.8 Å². The Morgan fingerprint density at radius 2 is 1.58 bits per heavy atom. The van der Waals surface area contributed by atoms with Crippen LogP contribution >= 0.6 is 0 Å². The molecular weight excluding hydrogens is 276 g/mol. The van der Waals surface area contributed by atoms with E-state index in [1.807, 2.05) is 0 Å². The van der Waals surface area contributed by atoms with Gasteiger partial charge >= 0.3 is 0 Å². The quantitative estimate of drug-likeness (QED) is 0.834. The van der Waals surface area contributed by atoms with Gasteiger partial charge in [0, 0.05) is 19.2 Å². The van der Waals surface area contributed by atoms with Crippen molar-refractivity contribution in [2.75, 3.05) is 13.1 Å². The second kappa shape index (κ2) is 5.15. The topological polar surface area (TPSA) is 46.6 Å². The van der Waals surface area contributed by atoms with Gasteiger partial charge in [-0.1, -0.05) is 0 Å². The van der Waals surface area contributed by atoms with Gasteiger partial charge in [0.1, 0.15) is 11.6 Å². The van der Waals surface area contributed by atoms with Crippen LogP contribution in [-0.2, 0) is 14.8 Å². The predicted molar refractivity (Wildman–Crippen MR) is 65.1 cm³/mol. The summed E-state index contributed by atoms with van der Waals surface area (Å²) < 4.78 is 57.5. The molecule has 0 aromatic heterocycles. The number of nitrogens with zero attached hydrogens (tertiary/aromatic N) is 1. The lowest BCUT2D eigenvalue weighted by Crippen LogP contribution is -2.48. The van der Waals surface area contributed by atoms with Crippen LogP contribution < -0.4 is 0 Å². The molecule has 0 unspecified atom stereocenters. The van der Waals surface area contributed by atoms with Gasteiger partial charge in [-0.3, -0.25) is 0 Å². The summed E-state index contributed by atoms with van der Waals surface area (Å²) in [5.74, 6) is -1.82. The van der Waals surface area contributed by atoms with Gasteiger partial charge < -0.3 is 4.74 Å². The Hall–Kier alpha value is -1.05. The van der Waals surface area contributed by atoms with Crippen molar-refractivity contribution in [2.24, 2.45) is 0 Å². The SMILES string of the molecule is C[C@@H]1CN(S(=O)(=O)c2cc(F)cc(F)c2)C[C@@H](C)O1.